The van der Waals surface area contributed by atoms with Gasteiger partial charge in [0.05, 0.1) is 5.92 Å². The van der Waals surface area contributed by atoms with E-state index in [9.17, 15) is 13.2 Å². The van der Waals surface area contributed by atoms with Crippen molar-refractivity contribution in [3.63, 3.8) is 0 Å². The first-order valence-electron chi connectivity index (χ1n) is 6.32. The van der Waals surface area contributed by atoms with Crippen LogP contribution < -0.4 is 5.32 Å². The van der Waals surface area contributed by atoms with E-state index in [0.29, 0.717) is 19.0 Å². The minimum absolute atomic E-state index is 0.0500. The monoisotopic (exact) mass is 252 g/mol. The fourth-order valence-corrected chi connectivity index (χ4v) is 2.39. The zero-order valence-electron chi connectivity index (χ0n) is 10.8. The van der Waals surface area contributed by atoms with Crippen LogP contribution in [0, 0.1) is 11.8 Å². The number of hydrogen-bond acceptors (Lipinski definition) is 2. The lowest BCUT2D eigenvalue weighted by atomic mass is 10.0. The molecule has 2 atom stereocenters. The second kappa shape index (κ2) is 6.05. The van der Waals surface area contributed by atoms with Crippen LogP contribution in [0.4, 0.5) is 13.2 Å². The number of nitrogens with one attached hydrogen (secondary N) is 1. The van der Waals surface area contributed by atoms with E-state index >= 15 is 0 Å². The number of hydrogen-bond donors (Lipinski definition) is 1. The molecule has 102 valence electrons. The summed E-state index contributed by atoms with van der Waals surface area (Å²) in [5.74, 6) is -0.717. The Morgan fingerprint density at radius 2 is 1.94 bits per heavy atom. The van der Waals surface area contributed by atoms with Crippen molar-refractivity contribution in [2.45, 2.75) is 39.4 Å². The summed E-state index contributed by atoms with van der Waals surface area (Å²) in [5, 5.41) is 2.88. The highest BCUT2D eigenvalue weighted by molar-refractivity contribution is 4.81. The van der Waals surface area contributed by atoms with E-state index < -0.39 is 12.1 Å². The van der Waals surface area contributed by atoms with Crippen molar-refractivity contribution in [1.82, 2.24) is 10.2 Å². The zero-order chi connectivity index (χ0) is 13.1. The van der Waals surface area contributed by atoms with E-state index in [4.69, 9.17) is 0 Å². The molecule has 2 nitrogen and oxygen atoms in total. The van der Waals surface area contributed by atoms with Crippen molar-refractivity contribution < 1.29 is 13.2 Å². The van der Waals surface area contributed by atoms with Crippen LogP contribution in [0.5, 0.6) is 0 Å². The number of rotatable bonds is 3. The second-order valence-electron chi connectivity index (χ2n) is 5.42. The van der Waals surface area contributed by atoms with Crippen LogP contribution in [-0.4, -0.2) is 43.3 Å². The summed E-state index contributed by atoms with van der Waals surface area (Å²) < 4.78 is 38.3. The van der Waals surface area contributed by atoms with Gasteiger partial charge in [-0.25, -0.2) is 0 Å². The highest BCUT2D eigenvalue weighted by atomic mass is 19.4. The van der Waals surface area contributed by atoms with Gasteiger partial charge in [-0.15, -0.1) is 0 Å². The summed E-state index contributed by atoms with van der Waals surface area (Å²) in [4.78, 5) is 1.97. The first-order valence-corrected chi connectivity index (χ1v) is 6.32. The SMILES string of the molecule is CC(C)CC(C)N1CCNCC(C(F)(F)F)C1. The average Bonchev–Trinajstić information content (AvgIpc) is 2.40. The molecule has 1 aliphatic heterocycles. The summed E-state index contributed by atoms with van der Waals surface area (Å²) in [6.07, 6.45) is -3.14. The van der Waals surface area contributed by atoms with Crippen LogP contribution >= 0.6 is 0 Å². The van der Waals surface area contributed by atoms with Crippen LogP contribution in [0.1, 0.15) is 27.2 Å². The number of halogens is 3. The van der Waals surface area contributed by atoms with Gasteiger partial charge >= 0.3 is 6.18 Å². The smallest absolute Gasteiger partial charge is 0.315 e. The second-order valence-corrected chi connectivity index (χ2v) is 5.42. The molecule has 0 spiro atoms. The molecule has 0 aromatic carbocycles. The molecule has 2 unspecified atom stereocenters. The molecule has 1 saturated heterocycles. The summed E-state index contributed by atoms with van der Waals surface area (Å²) in [5.41, 5.74) is 0. The third kappa shape index (κ3) is 4.84. The van der Waals surface area contributed by atoms with Crippen LogP contribution in [-0.2, 0) is 0 Å². The van der Waals surface area contributed by atoms with E-state index in [-0.39, 0.29) is 19.1 Å². The molecule has 5 heteroatoms. The van der Waals surface area contributed by atoms with Gasteiger partial charge in [0.15, 0.2) is 0 Å². The Morgan fingerprint density at radius 1 is 1.29 bits per heavy atom. The van der Waals surface area contributed by atoms with Gasteiger partial charge in [0.1, 0.15) is 0 Å². The van der Waals surface area contributed by atoms with E-state index in [1.807, 2.05) is 11.8 Å². The fraction of sp³-hybridized carbons (Fsp3) is 1.00. The maximum atomic E-state index is 12.8. The van der Waals surface area contributed by atoms with Crippen molar-refractivity contribution in [1.29, 1.82) is 0 Å². The van der Waals surface area contributed by atoms with Crippen LogP contribution in [0.25, 0.3) is 0 Å². The normalized spacial score (nSPS) is 25.9. The highest BCUT2D eigenvalue weighted by Gasteiger charge is 2.41. The Labute approximate surface area is 102 Å². The van der Waals surface area contributed by atoms with Crippen LogP contribution in [0.3, 0.4) is 0 Å². The maximum Gasteiger partial charge on any atom is 0.394 e. The topological polar surface area (TPSA) is 15.3 Å². The van der Waals surface area contributed by atoms with Gasteiger partial charge in [-0.2, -0.15) is 13.2 Å². The molecule has 0 aromatic heterocycles. The van der Waals surface area contributed by atoms with Crippen LogP contribution in [0.2, 0.25) is 0 Å². The Hall–Kier alpha value is -0.290. The molecule has 0 bridgehead atoms. The highest BCUT2D eigenvalue weighted by Crippen LogP contribution is 2.28. The van der Waals surface area contributed by atoms with E-state index in [1.54, 1.807) is 0 Å². The van der Waals surface area contributed by atoms with Crippen LogP contribution in [0.15, 0.2) is 0 Å². The molecule has 1 N–H and O–H groups in total. The van der Waals surface area contributed by atoms with Gasteiger partial charge in [-0.3, -0.25) is 4.90 Å². The summed E-state index contributed by atoms with van der Waals surface area (Å²) >= 11 is 0. The quantitative estimate of drug-likeness (QED) is 0.830. The Kier molecular flexibility index (Phi) is 5.25. The molecule has 0 aromatic rings. The molecule has 1 rings (SSSR count). The van der Waals surface area contributed by atoms with E-state index in [0.717, 1.165) is 6.42 Å². The van der Waals surface area contributed by atoms with Gasteiger partial charge in [0.25, 0.3) is 0 Å². The molecule has 17 heavy (non-hydrogen) atoms. The molecular weight excluding hydrogens is 229 g/mol. The van der Waals surface area contributed by atoms with Crippen molar-refractivity contribution in [3.05, 3.63) is 0 Å². The standard InChI is InChI=1S/C12H23F3N2/c1-9(2)6-10(3)17-5-4-16-7-11(8-17)12(13,14)15/h9-11,16H,4-8H2,1-3H3. The first kappa shape index (κ1) is 14.8. The molecule has 0 saturated carbocycles. The predicted molar refractivity (Wildman–Crippen MR) is 62.9 cm³/mol. The number of alkyl halides is 3. The molecule has 1 aliphatic rings. The third-order valence-electron chi connectivity index (χ3n) is 3.32. The maximum absolute atomic E-state index is 12.8. The minimum atomic E-state index is -4.09. The van der Waals surface area contributed by atoms with E-state index in [1.165, 1.54) is 0 Å². The molecule has 0 radical (unpaired) electrons. The van der Waals surface area contributed by atoms with E-state index in [2.05, 4.69) is 19.2 Å². The first-order chi connectivity index (χ1) is 7.80. The van der Waals surface area contributed by atoms with Crippen molar-refractivity contribution in [2.75, 3.05) is 26.2 Å². The Bertz CT molecular complexity index is 228. The summed E-state index contributed by atoms with van der Waals surface area (Å²) in [6, 6.07) is 0.222. The predicted octanol–water partition coefficient (Wildman–Crippen LogP) is 2.50. The molecule has 0 aliphatic carbocycles. The zero-order valence-corrected chi connectivity index (χ0v) is 10.8. The van der Waals surface area contributed by atoms with Crippen molar-refractivity contribution >= 4 is 0 Å². The Morgan fingerprint density at radius 3 is 2.47 bits per heavy atom. The lowest BCUT2D eigenvalue weighted by molar-refractivity contribution is -0.176. The summed E-state index contributed by atoms with van der Waals surface area (Å²) in [6.45, 7) is 7.77. The van der Waals surface area contributed by atoms with Gasteiger partial charge in [-0.1, -0.05) is 13.8 Å². The molecule has 1 fully saturated rings. The van der Waals surface area contributed by atoms with Gasteiger partial charge in [-0.05, 0) is 19.3 Å². The lowest BCUT2D eigenvalue weighted by Gasteiger charge is -2.31. The lowest BCUT2D eigenvalue weighted by Crippen LogP contribution is -2.42. The average molecular weight is 252 g/mol. The van der Waals surface area contributed by atoms with Gasteiger partial charge in [0.2, 0.25) is 0 Å². The van der Waals surface area contributed by atoms with Crippen molar-refractivity contribution in [3.8, 4) is 0 Å². The van der Waals surface area contributed by atoms with Gasteiger partial charge < -0.3 is 5.32 Å². The molecule has 0 amide bonds. The minimum Gasteiger partial charge on any atom is -0.315 e. The Balaban J connectivity index is 2.60. The van der Waals surface area contributed by atoms with Gasteiger partial charge in [0, 0.05) is 32.2 Å². The third-order valence-corrected chi connectivity index (χ3v) is 3.32. The molecular formula is C12H23F3N2. The fourth-order valence-electron chi connectivity index (χ4n) is 2.39. The summed E-state index contributed by atoms with van der Waals surface area (Å²) in [7, 11) is 0. The van der Waals surface area contributed by atoms with Crippen molar-refractivity contribution in [2.24, 2.45) is 11.8 Å². The number of nitrogens with zero attached hydrogens (tertiary/aromatic N) is 1. The molecule has 1 heterocycles. The largest absolute Gasteiger partial charge is 0.394 e.